The van der Waals surface area contributed by atoms with Gasteiger partial charge in [-0.05, 0) is 24.3 Å². The lowest BCUT2D eigenvalue weighted by Crippen LogP contribution is -2.38. The second-order valence-electron chi connectivity index (χ2n) is 4.03. The first kappa shape index (κ1) is 14.3. The Morgan fingerprint density at radius 3 is 2.48 bits per heavy atom. The Morgan fingerprint density at radius 1 is 1.05 bits per heavy atom. The van der Waals surface area contributed by atoms with Gasteiger partial charge >= 0.3 is 0 Å². The van der Waals surface area contributed by atoms with Gasteiger partial charge in [0.1, 0.15) is 0 Å². The van der Waals surface area contributed by atoms with Crippen LogP contribution in [0.5, 0.6) is 0 Å². The summed E-state index contributed by atoms with van der Waals surface area (Å²) >= 11 is 0. The topological polar surface area (TPSA) is 111 Å². The molecule has 0 atom stereocenters. The highest BCUT2D eigenvalue weighted by Crippen LogP contribution is 2.16. The average Bonchev–Trinajstić information content (AvgIpc) is 2.99. The third-order valence-corrected chi connectivity index (χ3v) is 2.56. The standard InChI is InChI=1S/C14H12N2O5/c17-12(18)8-15-13(19)9-4-1-2-5-10(9)16-14(20)11-6-3-7-21-11/h1-7H,8H2,(H,15,19)(H,16,20)(H,17,18)/p-1. The molecule has 0 aliphatic carbocycles. The van der Waals surface area contributed by atoms with Crippen LogP contribution >= 0.6 is 0 Å². The zero-order valence-electron chi connectivity index (χ0n) is 10.8. The van der Waals surface area contributed by atoms with Gasteiger partial charge in [-0.2, -0.15) is 0 Å². The van der Waals surface area contributed by atoms with Gasteiger partial charge in [-0.15, -0.1) is 0 Å². The van der Waals surface area contributed by atoms with Crippen LogP contribution in [-0.4, -0.2) is 24.3 Å². The first-order valence-electron chi connectivity index (χ1n) is 6.00. The number of carbonyl (C=O) groups excluding carboxylic acids is 3. The maximum Gasteiger partial charge on any atom is 0.291 e. The molecule has 2 N–H and O–H groups in total. The van der Waals surface area contributed by atoms with Gasteiger partial charge in [0.15, 0.2) is 5.76 Å². The molecule has 0 aliphatic heterocycles. The van der Waals surface area contributed by atoms with Gasteiger partial charge in [0.05, 0.1) is 30.0 Å². The number of hydrogen-bond donors (Lipinski definition) is 2. The van der Waals surface area contributed by atoms with Crippen molar-refractivity contribution < 1.29 is 23.9 Å². The number of nitrogens with one attached hydrogen (secondary N) is 2. The monoisotopic (exact) mass is 287 g/mol. The number of hydrogen-bond acceptors (Lipinski definition) is 5. The number of carbonyl (C=O) groups is 3. The molecule has 0 aliphatic rings. The van der Waals surface area contributed by atoms with Crippen molar-refractivity contribution in [3.05, 3.63) is 54.0 Å². The normalized spacial score (nSPS) is 9.90. The maximum absolute atomic E-state index is 11.9. The predicted octanol–water partition coefficient (Wildman–Crippen LogP) is 0.0116. The third-order valence-electron chi connectivity index (χ3n) is 2.56. The number of amides is 2. The van der Waals surface area contributed by atoms with Gasteiger partial charge in [0.25, 0.3) is 11.8 Å². The first-order valence-corrected chi connectivity index (χ1v) is 6.00. The molecule has 0 bridgehead atoms. The summed E-state index contributed by atoms with van der Waals surface area (Å²) in [6.07, 6.45) is 1.35. The van der Waals surface area contributed by atoms with Crippen molar-refractivity contribution in [2.75, 3.05) is 11.9 Å². The van der Waals surface area contributed by atoms with E-state index in [-0.39, 0.29) is 17.0 Å². The van der Waals surface area contributed by atoms with Crippen molar-refractivity contribution in [3.8, 4) is 0 Å². The molecule has 108 valence electrons. The minimum Gasteiger partial charge on any atom is -0.548 e. The SMILES string of the molecule is O=C([O-])CNC(=O)c1ccccc1NC(=O)c1ccco1. The molecule has 1 aromatic heterocycles. The van der Waals surface area contributed by atoms with Gasteiger partial charge in [-0.3, -0.25) is 9.59 Å². The van der Waals surface area contributed by atoms with Crippen LogP contribution in [0.15, 0.2) is 47.1 Å². The van der Waals surface area contributed by atoms with E-state index in [1.807, 2.05) is 0 Å². The van der Waals surface area contributed by atoms with E-state index in [0.717, 1.165) is 0 Å². The van der Waals surface area contributed by atoms with Crippen LogP contribution in [0.2, 0.25) is 0 Å². The Labute approximate surface area is 119 Å². The van der Waals surface area contributed by atoms with Crippen LogP contribution in [0.4, 0.5) is 5.69 Å². The molecule has 1 heterocycles. The highest BCUT2D eigenvalue weighted by Gasteiger charge is 2.14. The van der Waals surface area contributed by atoms with Crippen molar-refractivity contribution >= 4 is 23.5 Å². The fraction of sp³-hybridized carbons (Fsp3) is 0.0714. The lowest BCUT2D eigenvalue weighted by Gasteiger charge is -2.11. The minimum atomic E-state index is -1.40. The largest absolute Gasteiger partial charge is 0.548 e. The van der Waals surface area contributed by atoms with Crippen molar-refractivity contribution in [1.82, 2.24) is 5.32 Å². The lowest BCUT2D eigenvalue weighted by atomic mass is 10.1. The van der Waals surface area contributed by atoms with Crippen molar-refractivity contribution in [2.45, 2.75) is 0 Å². The van der Waals surface area contributed by atoms with E-state index in [9.17, 15) is 19.5 Å². The fourth-order valence-electron chi connectivity index (χ4n) is 1.63. The number of anilines is 1. The Morgan fingerprint density at radius 2 is 1.81 bits per heavy atom. The summed E-state index contributed by atoms with van der Waals surface area (Å²) in [5, 5.41) is 15.0. The van der Waals surface area contributed by atoms with E-state index >= 15 is 0 Å². The lowest BCUT2D eigenvalue weighted by molar-refractivity contribution is -0.303. The number of aliphatic carboxylic acids is 1. The van der Waals surface area contributed by atoms with Crippen LogP contribution in [0.25, 0.3) is 0 Å². The molecule has 21 heavy (non-hydrogen) atoms. The second-order valence-corrected chi connectivity index (χ2v) is 4.03. The molecular formula is C14H11N2O5-. The number of furan rings is 1. The highest BCUT2D eigenvalue weighted by molar-refractivity contribution is 6.08. The van der Waals surface area contributed by atoms with Crippen LogP contribution in [0.3, 0.4) is 0 Å². The smallest absolute Gasteiger partial charge is 0.291 e. The summed E-state index contributed by atoms with van der Waals surface area (Å²) in [7, 11) is 0. The van der Waals surface area contributed by atoms with E-state index in [2.05, 4.69) is 10.6 Å². The molecular weight excluding hydrogens is 276 g/mol. The molecule has 2 rings (SSSR count). The quantitative estimate of drug-likeness (QED) is 0.804. The van der Waals surface area contributed by atoms with Crippen LogP contribution in [-0.2, 0) is 4.79 Å². The van der Waals surface area contributed by atoms with Crippen molar-refractivity contribution in [1.29, 1.82) is 0 Å². The zero-order valence-corrected chi connectivity index (χ0v) is 10.8. The summed E-state index contributed by atoms with van der Waals surface area (Å²) < 4.78 is 4.95. The summed E-state index contributed by atoms with van der Waals surface area (Å²) in [6.45, 7) is -0.612. The maximum atomic E-state index is 11.9. The molecule has 2 amide bonds. The fourth-order valence-corrected chi connectivity index (χ4v) is 1.63. The number of carboxylic acid groups (broad SMARTS) is 1. The van der Waals surface area contributed by atoms with Gasteiger partial charge < -0.3 is 25.0 Å². The first-order chi connectivity index (χ1) is 10.1. The van der Waals surface area contributed by atoms with Gasteiger partial charge in [-0.1, -0.05) is 12.1 Å². The molecule has 2 aromatic rings. The Balaban J connectivity index is 2.15. The number of benzene rings is 1. The van der Waals surface area contributed by atoms with Crippen LogP contribution in [0.1, 0.15) is 20.9 Å². The Bertz CT molecular complexity index is 664. The van der Waals surface area contributed by atoms with E-state index in [4.69, 9.17) is 4.42 Å². The van der Waals surface area contributed by atoms with E-state index < -0.39 is 24.3 Å². The zero-order chi connectivity index (χ0) is 15.2. The number of rotatable bonds is 5. The molecule has 7 heteroatoms. The van der Waals surface area contributed by atoms with E-state index in [1.54, 1.807) is 18.2 Å². The Hall–Kier alpha value is -3.09. The van der Waals surface area contributed by atoms with Gasteiger partial charge in [0, 0.05) is 0 Å². The predicted molar refractivity (Wildman–Crippen MR) is 70.4 cm³/mol. The molecule has 1 aromatic carbocycles. The van der Waals surface area contributed by atoms with Gasteiger partial charge in [-0.25, -0.2) is 0 Å². The molecule has 0 fully saturated rings. The molecule has 0 saturated carbocycles. The summed E-state index contributed by atoms with van der Waals surface area (Å²) in [5.74, 6) is -2.45. The summed E-state index contributed by atoms with van der Waals surface area (Å²) in [5.41, 5.74) is 0.383. The highest BCUT2D eigenvalue weighted by atomic mass is 16.4. The number of carboxylic acids is 1. The summed E-state index contributed by atoms with van der Waals surface area (Å²) in [6, 6.07) is 9.25. The van der Waals surface area contributed by atoms with Gasteiger partial charge in [0.2, 0.25) is 0 Å². The average molecular weight is 287 g/mol. The van der Waals surface area contributed by atoms with E-state index in [0.29, 0.717) is 0 Å². The van der Waals surface area contributed by atoms with Crippen molar-refractivity contribution in [2.24, 2.45) is 0 Å². The summed E-state index contributed by atoms with van der Waals surface area (Å²) in [4.78, 5) is 34.1. The third kappa shape index (κ3) is 3.69. The molecule has 7 nitrogen and oxygen atoms in total. The molecule has 0 unspecified atom stereocenters. The molecule has 0 spiro atoms. The Kier molecular flexibility index (Phi) is 4.35. The van der Waals surface area contributed by atoms with Crippen molar-refractivity contribution in [3.63, 3.8) is 0 Å². The van der Waals surface area contributed by atoms with Crippen LogP contribution in [0, 0.1) is 0 Å². The minimum absolute atomic E-state index is 0.0972. The van der Waals surface area contributed by atoms with Crippen LogP contribution < -0.4 is 15.7 Å². The number of para-hydroxylation sites is 1. The molecule has 0 radical (unpaired) electrons. The second kappa shape index (κ2) is 6.38. The molecule has 0 saturated heterocycles. The van der Waals surface area contributed by atoms with E-state index in [1.165, 1.54) is 24.5 Å².